The maximum absolute atomic E-state index is 11.8. The normalized spacial score (nSPS) is 9.88. The minimum Gasteiger partial charge on any atom is -0.484 e. The number of rotatable bonds is 5. The molecule has 2 rings (SSSR count). The van der Waals surface area contributed by atoms with E-state index in [2.05, 4.69) is 10.6 Å². The average molecular weight is 364 g/mol. The van der Waals surface area contributed by atoms with E-state index in [4.69, 9.17) is 34.3 Å². The van der Waals surface area contributed by atoms with E-state index in [0.717, 1.165) is 0 Å². The highest BCUT2D eigenvalue weighted by Crippen LogP contribution is 2.15. The van der Waals surface area contributed by atoms with Gasteiger partial charge in [0.15, 0.2) is 11.7 Å². The molecule has 8 heteroatoms. The lowest BCUT2D eigenvalue weighted by atomic mass is 10.2. The molecular formula is C16H14ClN3O3S. The molecule has 0 radical (unpaired) electrons. The van der Waals surface area contributed by atoms with Crippen molar-refractivity contribution in [3.05, 3.63) is 59.1 Å². The Morgan fingerprint density at radius 3 is 2.29 bits per heavy atom. The third kappa shape index (κ3) is 5.53. The van der Waals surface area contributed by atoms with Gasteiger partial charge < -0.3 is 15.8 Å². The number of ether oxygens (including phenoxy) is 1. The number of primary amides is 1. The predicted octanol–water partition coefficient (Wildman–Crippen LogP) is 2.33. The first-order valence-electron chi connectivity index (χ1n) is 6.83. The molecule has 0 spiro atoms. The number of carbonyl (C=O) groups excluding carboxylic acids is 2. The van der Waals surface area contributed by atoms with Gasteiger partial charge in [0.05, 0.1) is 0 Å². The van der Waals surface area contributed by atoms with E-state index in [1.54, 1.807) is 48.5 Å². The molecule has 2 amide bonds. The number of thiocarbonyl (C=S) groups is 1. The molecule has 2 aromatic rings. The Hall–Kier alpha value is -2.64. The summed E-state index contributed by atoms with van der Waals surface area (Å²) in [6.07, 6.45) is 0. The molecule has 24 heavy (non-hydrogen) atoms. The highest BCUT2D eigenvalue weighted by Gasteiger charge is 2.07. The molecule has 6 nitrogen and oxygen atoms in total. The SMILES string of the molecule is NC(=O)c1ccc(NC(=S)NC(=O)COc2ccc(Cl)cc2)cc1. The topological polar surface area (TPSA) is 93.5 Å². The summed E-state index contributed by atoms with van der Waals surface area (Å²) in [5.41, 5.74) is 6.15. The van der Waals surface area contributed by atoms with E-state index in [1.165, 1.54) is 0 Å². The van der Waals surface area contributed by atoms with Crippen LogP contribution in [-0.4, -0.2) is 23.5 Å². The summed E-state index contributed by atoms with van der Waals surface area (Å²) < 4.78 is 5.31. The molecule has 0 fully saturated rings. The van der Waals surface area contributed by atoms with Gasteiger partial charge >= 0.3 is 0 Å². The van der Waals surface area contributed by atoms with E-state index >= 15 is 0 Å². The second-order valence-electron chi connectivity index (χ2n) is 4.69. The van der Waals surface area contributed by atoms with E-state index in [1.807, 2.05) is 0 Å². The van der Waals surface area contributed by atoms with Gasteiger partial charge in [-0.25, -0.2) is 0 Å². The van der Waals surface area contributed by atoms with E-state index in [0.29, 0.717) is 22.0 Å². The van der Waals surface area contributed by atoms with Crippen molar-refractivity contribution in [3.63, 3.8) is 0 Å². The minimum absolute atomic E-state index is 0.117. The zero-order valence-electron chi connectivity index (χ0n) is 12.4. The summed E-state index contributed by atoms with van der Waals surface area (Å²) >= 11 is 10.8. The maximum Gasteiger partial charge on any atom is 0.264 e. The molecule has 0 saturated carbocycles. The van der Waals surface area contributed by atoms with Crippen LogP contribution in [0.2, 0.25) is 5.02 Å². The number of halogens is 1. The third-order valence-electron chi connectivity index (χ3n) is 2.86. The predicted molar refractivity (Wildman–Crippen MR) is 96.3 cm³/mol. The molecular weight excluding hydrogens is 350 g/mol. The highest BCUT2D eigenvalue weighted by molar-refractivity contribution is 7.80. The second-order valence-corrected chi connectivity index (χ2v) is 5.53. The fraction of sp³-hybridized carbons (Fsp3) is 0.0625. The standard InChI is InChI=1S/C16H14ClN3O3S/c17-11-3-7-13(8-4-11)23-9-14(21)20-16(24)19-12-5-1-10(2-6-12)15(18)22/h1-8H,9H2,(H2,18,22)(H2,19,20,21,24). The lowest BCUT2D eigenvalue weighted by molar-refractivity contribution is -0.121. The van der Waals surface area contributed by atoms with Gasteiger partial charge in [-0.2, -0.15) is 0 Å². The Kier molecular flexibility index (Phi) is 6.11. The van der Waals surface area contributed by atoms with Gasteiger partial charge in [0, 0.05) is 16.3 Å². The summed E-state index contributed by atoms with van der Waals surface area (Å²) in [7, 11) is 0. The van der Waals surface area contributed by atoms with Gasteiger partial charge in [-0.3, -0.25) is 14.9 Å². The molecule has 0 aliphatic carbocycles. The quantitative estimate of drug-likeness (QED) is 0.709. The van der Waals surface area contributed by atoms with Gasteiger partial charge in [0.25, 0.3) is 5.91 Å². The number of anilines is 1. The molecule has 124 valence electrons. The zero-order chi connectivity index (χ0) is 17.5. The van der Waals surface area contributed by atoms with Gasteiger partial charge in [-0.05, 0) is 60.7 Å². The molecule has 0 aliphatic rings. The molecule has 2 aromatic carbocycles. The van der Waals surface area contributed by atoms with Crippen LogP contribution in [0.3, 0.4) is 0 Å². The first-order valence-corrected chi connectivity index (χ1v) is 7.62. The van der Waals surface area contributed by atoms with Crippen LogP contribution < -0.4 is 21.1 Å². The molecule has 4 N–H and O–H groups in total. The largest absolute Gasteiger partial charge is 0.484 e. The van der Waals surface area contributed by atoms with Crippen molar-refractivity contribution < 1.29 is 14.3 Å². The molecule has 0 atom stereocenters. The Morgan fingerprint density at radius 1 is 1.08 bits per heavy atom. The molecule has 0 aromatic heterocycles. The number of hydrogen-bond acceptors (Lipinski definition) is 4. The number of nitrogens with one attached hydrogen (secondary N) is 2. The van der Waals surface area contributed by atoms with Gasteiger partial charge in [0.1, 0.15) is 5.75 Å². The number of carbonyl (C=O) groups is 2. The molecule has 0 heterocycles. The number of hydrogen-bond donors (Lipinski definition) is 3. The fourth-order valence-electron chi connectivity index (χ4n) is 1.72. The molecule has 0 unspecified atom stereocenters. The summed E-state index contributed by atoms with van der Waals surface area (Å²) in [4.78, 5) is 22.8. The van der Waals surface area contributed by atoms with Crippen LogP contribution in [0.5, 0.6) is 5.75 Å². The van der Waals surface area contributed by atoms with Crippen LogP contribution in [0.1, 0.15) is 10.4 Å². The lowest BCUT2D eigenvalue weighted by Crippen LogP contribution is -2.37. The highest BCUT2D eigenvalue weighted by atomic mass is 35.5. The third-order valence-corrected chi connectivity index (χ3v) is 3.32. The number of amides is 2. The zero-order valence-corrected chi connectivity index (χ0v) is 14.0. The Bertz CT molecular complexity index is 748. The first-order chi connectivity index (χ1) is 11.4. The number of benzene rings is 2. The van der Waals surface area contributed by atoms with Crippen LogP contribution >= 0.6 is 23.8 Å². The summed E-state index contributed by atoms with van der Waals surface area (Å²) in [5, 5.41) is 6.01. The van der Waals surface area contributed by atoms with Crippen LogP contribution in [-0.2, 0) is 4.79 Å². The second kappa shape index (κ2) is 8.28. The lowest BCUT2D eigenvalue weighted by Gasteiger charge is -2.10. The average Bonchev–Trinajstić information content (AvgIpc) is 2.54. The van der Waals surface area contributed by atoms with Crippen molar-refractivity contribution in [2.24, 2.45) is 5.73 Å². The van der Waals surface area contributed by atoms with Crippen LogP contribution in [0, 0.1) is 0 Å². The van der Waals surface area contributed by atoms with E-state index in [9.17, 15) is 9.59 Å². The van der Waals surface area contributed by atoms with Crippen molar-refractivity contribution >= 4 is 46.4 Å². The monoisotopic (exact) mass is 363 g/mol. The van der Waals surface area contributed by atoms with E-state index < -0.39 is 11.8 Å². The van der Waals surface area contributed by atoms with Crippen molar-refractivity contribution in [1.29, 1.82) is 0 Å². The van der Waals surface area contributed by atoms with Crippen molar-refractivity contribution in [2.45, 2.75) is 0 Å². The summed E-state index contributed by atoms with van der Waals surface area (Å²) in [5.74, 6) is -0.400. The molecule has 0 aliphatic heterocycles. The molecule has 0 saturated heterocycles. The summed E-state index contributed by atoms with van der Waals surface area (Å²) in [6.45, 7) is -0.190. The Morgan fingerprint density at radius 2 is 1.71 bits per heavy atom. The minimum atomic E-state index is -0.517. The van der Waals surface area contributed by atoms with Gasteiger partial charge in [-0.1, -0.05) is 11.6 Å². The van der Waals surface area contributed by atoms with Crippen molar-refractivity contribution in [2.75, 3.05) is 11.9 Å². The van der Waals surface area contributed by atoms with Crippen LogP contribution in [0.15, 0.2) is 48.5 Å². The molecule has 0 bridgehead atoms. The van der Waals surface area contributed by atoms with Crippen LogP contribution in [0.25, 0.3) is 0 Å². The van der Waals surface area contributed by atoms with Crippen molar-refractivity contribution in [3.8, 4) is 5.75 Å². The van der Waals surface area contributed by atoms with Crippen LogP contribution in [0.4, 0.5) is 5.69 Å². The Labute approximate surface area is 148 Å². The smallest absolute Gasteiger partial charge is 0.264 e. The van der Waals surface area contributed by atoms with Crippen molar-refractivity contribution in [1.82, 2.24) is 5.32 Å². The summed E-state index contributed by atoms with van der Waals surface area (Å²) in [6, 6.07) is 13.0. The van der Waals surface area contributed by atoms with E-state index in [-0.39, 0.29) is 11.7 Å². The van der Waals surface area contributed by atoms with Gasteiger partial charge in [-0.15, -0.1) is 0 Å². The Balaban J connectivity index is 1.79. The van der Waals surface area contributed by atoms with Gasteiger partial charge in [0.2, 0.25) is 5.91 Å². The fourth-order valence-corrected chi connectivity index (χ4v) is 2.08. The maximum atomic E-state index is 11.8. The first kappa shape index (κ1) is 17.7. The number of nitrogens with two attached hydrogens (primary N) is 1.